The summed E-state index contributed by atoms with van der Waals surface area (Å²) in [5, 5.41) is 21.2. The summed E-state index contributed by atoms with van der Waals surface area (Å²) in [6.07, 6.45) is 3.39. The average Bonchev–Trinajstić information content (AvgIpc) is 2.86. The molecule has 0 saturated heterocycles. The van der Waals surface area contributed by atoms with Crippen molar-refractivity contribution in [1.29, 1.82) is 0 Å². The summed E-state index contributed by atoms with van der Waals surface area (Å²) in [6, 6.07) is 7.83. The smallest absolute Gasteiger partial charge is 0.101 e. The van der Waals surface area contributed by atoms with Crippen LogP contribution < -0.4 is 0 Å². The van der Waals surface area contributed by atoms with E-state index in [1.165, 1.54) is 6.42 Å². The molecule has 0 heterocycles. The Morgan fingerprint density at radius 1 is 1.21 bits per heavy atom. The SMILES string of the molecule is CC1(C)[C@H]2CC[C@](C)(C2)[C@]1(O)c1ccccc1CO. The van der Waals surface area contributed by atoms with Crippen LogP contribution in [0.3, 0.4) is 0 Å². The summed E-state index contributed by atoms with van der Waals surface area (Å²) in [5.41, 5.74) is 0.777. The molecule has 2 bridgehead atoms. The zero-order chi connectivity index (χ0) is 13.9. The minimum atomic E-state index is -0.831. The van der Waals surface area contributed by atoms with Gasteiger partial charge in [0.2, 0.25) is 0 Å². The molecule has 0 spiro atoms. The van der Waals surface area contributed by atoms with E-state index in [1.807, 2.05) is 24.3 Å². The molecule has 2 aliphatic carbocycles. The molecular weight excluding hydrogens is 236 g/mol. The molecule has 0 aliphatic heterocycles. The highest BCUT2D eigenvalue weighted by Gasteiger charge is 2.69. The van der Waals surface area contributed by atoms with Crippen molar-refractivity contribution in [2.24, 2.45) is 16.7 Å². The van der Waals surface area contributed by atoms with Crippen LogP contribution in [0.1, 0.15) is 51.2 Å². The fourth-order valence-electron chi connectivity index (χ4n) is 4.94. The maximum absolute atomic E-state index is 11.6. The van der Waals surface area contributed by atoms with Crippen molar-refractivity contribution in [2.75, 3.05) is 0 Å². The first-order valence-electron chi connectivity index (χ1n) is 7.28. The van der Waals surface area contributed by atoms with Crippen LogP contribution >= 0.6 is 0 Å². The first-order chi connectivity index (χ1) is 8.87. The van der Waals surface area contributed by atoms with Crippen LogP contribution in [0.4, 0.5) is 0 Å². The normalized spacial score (nSPS) is 39.7. The molecule has 2 heteroatoms. The van der Waals surface area contributed by atoms with E-state index in [1.54, 1.807) is 0 Å². The quantitative estimate of drug-likeness (QED) is 0.857. The molecule has 3 atom stereocenters. The van der Waals surface area contributed by atoms with E-state index >= 15 is 0 Å². The Hall–Kier alpha value is -0.860. The van der Waals surface area contributed by atoms with E-state index in [9.17, 15) is 10.2 Å². The Labute approximate surface area is 115 Å². The number of benzene rings is 1. The summed E-state index contributed by atoms with van der Waals surface area (Å²) >= 11 is 0. The number of aliphatic hydroxyl groups is 2. The topological polar surface area (TPSA) is 40.5 Å². The van der Waals surface area contributed by atoms with E-state index in [2.05, 4.69) is 20.8 Å². The summed E-state index contributed by atoms with van der Waals surface area (Å²) in [4.78, 5) is 0. The van der Waals surface area contributed by atoms with Crippen LogP contribution in [0.5, 0.6) is 0 Å². The number of fused-ring (bicyclic) bond motifs is 2. The molecule has 2 aliphatic rings. The second-order valence-electron chi connectivity index (χ2n) is 7.25. The van der Waals surface area contributed by atoms with Crippen molar-refractivity contribution in [1.82, 2.24) is 0 Å². The predicted molar refractivity (Wildman–Crippen MR) is 75.5 cm³/mol. The number of hydrogen-bond donors (Lipinski definition) is 2. The van der Waals surface area contributed by atoms with Crippen molar-refractivity contribution in [3.8, 4) is 0 Å². The molecule has 0 radical (unpaired) electrons. The molecule has 0 unspecified atom stereocenters. The lowest BCUT2D eigenvalue weighted by atomic mass is 9.57. The van der Waals surface area contributed by atoms with Crippen molar-refractivity contribution < 1.29 is 10.2 Å². The molecule has 2 N–H and O–H groups in total. The van der Waals surface area contributed by atoms with Gasteiger partial charge in [-0.3, -0.25) is 0 Å². The van der Waals surface area contributed by atoms with Crippen molar-refractivity contribution in [2.45, 2.75) is 52.2 Å². The Morgan fingerprint density at radius 3 is 2.47 bits per heavy atom. The first-order valence-corrected chi connectivity index (χ1v) is 7.28. The van der Waals surface area contributed by atoms with Gasteiger partial charge in [-0.25, -0.2) is 0 Å². The Kier molecular flexibility index (Phi) is 2.65. The molecule has 2 nitrogen and oxygen atoms in total. The highest BCUT2D eigenvalue weighted by Crippen LogP contribution is 2.71. The summed E-state index contributed by atoms with van der Waals surface area (Å²) in [5.74, 6) is 0.578. The number of hydrogen-bond acceptors (Lipinski definition) is 2. The largest absolute Gasteiger partial charge is 0.392 e. The van der Waals surface area contributed by atoms with Gasteiger partial charge in [0.15, 0.2) is 0 Å². The first kappa shape index (κ1) is 13.1. The number of aliphatic hydroxyl groups excluding tert-OH is 1. The van der Waals surface area contributed by atoms with E-state index in [0.29, 0.717) is 5.92 Å². The van der Waals surface area contributed by atoms with Gasteiger partial charge in [0, 0.05) is 10.8 Å². The van der Waals surface area contributed by atoms with Crippen LogP contribution in [-0.4, -0.2) is 10.2 Å². The minimum absolute atomic E-state index is 0.00465. The molecule has 0 aromatic heterocycles. The Morgan fingerprint density at radius 2 is 1.89 bits per heavy atom. The average molecular weight is 260 g/mol. The maximum atomic E-state index is 11.6. The fraction of sp³-hybridized carbons (Fsp3) is 0.647. The highest BCUT2D eigenvalue weighted by atomic mass is 16.3. The van der Waals surface area contributed by atoms with Crippen molar-refractivity contribution in [3.63, 3.8) is 0 Å². The van der Waals surface area contributed by atoms with Gasteiger partial charge in [-0.05, 0) is 36.3 Å². The van der Waals surface area contributed by atoms with E-state index in [-0.39, 0.29) is 17.4 Å². The monoisotopic (exact) mass is 260 g/mol. The minimum Gasteiger partial charge on any atom is -0.392 e. The summed E-state index contributed by atoms with van der Waals surface area (Å²) < 4.78 is 0. The second kappa shape index (κ2) is 3.83. The van der Waals surface area contributed by atoms with Gasteiger partial charge in [-0.1, -0.05) is 45.0 Å². The van der Waals surface area contributed by atoms with E-state index in [0.717, 1.165) is 24.0 Å². The zero-order valence-electron chi connectivity index (χ0n) is 12.1. The third kappa shape index (κ3) is 1.39. The van der Waals surface area contributed by atoms with Crippen LogP contribution in [-0.2, 0) is 12.2 Å². The van der Waals surface area contributed by atoms with Gasteiger partial charge in [0.25, 0.3) is 0 Å². The van der Waals surface area contributed by atoms with Gasteiger partial charge in [0.05, 0.1) is 6.61 Å². The van der Waals surface area contributed by atoms with Gasteiger partial charge in [-0.2, -0.15) is 0 Å². The van der Waals surface area contributed by atoms with E-state index < -0.39 is 5.60 Å². The summed E-state index contributed by atoms with van der Waals surface area (Å²) in [6.45, 7) is 6.59. The lowest BCUT2D eigenvalue weighted by Gasteiger charge is -2.51. The summed E-state index contributed by atoms with van der Waals surface area (Å²) in [7, 11) is 0. The van der Waals surface area contributed by atoms with Crippen LogP contribution in [0, 0.1) is 16.7 Å². The number of rotatable bonds is 2. The Balaban J connectivity index is 2.22. The third-order valence-electron chi connectivity index (χ3n) is 6.15. The molecule has 19 heavy (non-hydrogen) atoms. The van der Waals surface area contributed by atoms with Crippen LogP contribution in [0.2, 0.25) is 0 Å². The maximum Gasteiger partial charge on any atom is 0.101 e. The molecular formula is C17H24O2. The molecule has 2 saturated carbocycles. The van der Waals surface area contributed by atoms with Gasteiger partial charge in [0.1, 0.15) is 5.60 Å². The molecule has 0 amide bonds. The van der Waals surface area contributed by atoms with Gasteiger partial charge >= 0.3 is 0 Å². The van der Waals surface area contributed by atoms with Crippen LogP contribution in [0.15, 0.2) is 24.3 Å². The molecule has 104 valence electrons. The highest BCUT2D eigenvalue weighted by molar-refractivity contribution is 5.39. The van der Waals surface area contributed by atoms with Crippen LogP contribution in [0.25, 0.3) is 0 Å². The standard InChI is InChI=1S/C17H24O2/c1-15(2)13-8-9-16(3,10-13)17(15,19)14-7-5-4-6-12(14)11-18/h4-7,13,18-19H,8-11H2,1-3H3/t13-,16+,17-/m0/s1. The molecule has 1 aromatic carbocycles. The zero-order valence-corrected chi connectivity index (χ0v) is 12.1. The predicted octanol–water partition coefficient (Wildman–Crippen LogP) is 3.21. The molecule has 2 fully saturated rings. The Bertz CT molecular complexity index is 501. The fourth-order valence-corrected chi connectivity index (χ4v) is 4.94. The third-order valence-corrected chi connectivity index (χ3v) is 6.15. The van der Waals surface area contributed by atoms with Gasteiger partial charge < -0.3 is 10.2 Å². The second-order valence-corrected chi connectivity index (χ2v) is 7.25. The van der Waals surface area contributed by atoms with Gasteiger partial charge in [-0.15, -0.1) is 0 Å². The molecule has 3 rings (SSSR count). The molecule has 1 aromatic rings. The van der Waals surface area contributed by atoms with Crippen molar-refractivity contribution >= 4 is 0 Å². The lowest BCUT2D eigenvalue weighted by Crippen LogP contribution is -2.51. The lowest BCUT2D eigenvalue weighted by molar-refractivity contribution is -0.151. The van der Waals surface area contributed by atoms with Crippen molar-refractivity contribution in [3.05, 3.63) is 35.4 Å². The van der Waals surface area contributed by atoms with E-state index in [4.69, 9.17) is 0 Å².